The highest BCUT2D eigenvalue weighted by atomic mass is 16.5. The fourth-order valence-corrected chi connectivity index (χ4v) is 2.87. The van der Waals surface area contributed by atoms with Gasteiger partial charge in [-0.05, 0) is 30.9 Å². The van der Waals surface area contributed by atoms with Crippen LogP contribution in [0.1, 0.15) is 43.9 Å². The second-order valence-electron chi connectivity index (χ2n) is 4.76. The van der Waals surface area contributed by atoms with Crippen molar-refractivity contribution in [2.45, 2.75) is 44.2 Å². The molecule has 96 valence electrons. The summed E-state index contributed by atoms with van der Waals surface area (Å²) < 4.78 is 11.1. The van der Waals surface area contributed by atoms with Crippen LogP contribution in [0.15, 0.2) is 22.8 Å². The van der Waals surface area contributed by atoms with Crippen molar-refractivity contribution >= 4 is 0 Å². The van der Waals surface area contributed by atoms with Crippen LogP contribution in [0.5, 0.6) is 0 Å². The highest BCUT2D eigenvalue weighted by Crippen LogP contribution is 2.33. The summed E-state index contributed by atoms with van der Waals surface area (Å²) in [6.45, 7) is 0. The van der Waals surface area contributed by atoms with Crippen LogP contribution in [0.25, 0.3) is 0 Å². The van der Waals surface area contributed by atoms with Gasteiger partial charge in [0.25, 0.3) is 0 Å². The summed E-state index contributed by atoms with van der Waals surface area (Å²) in [5, 5.41) is 0. The number of hydrogen-bond donors (Lipinski definition) is 2. The molecule has 0 aliphatic heterocycles. The van der Waals surface area contributed by atoms with E-state index in [-0.39, 0.29) is 12.1 Å². The van der Waals surface area contributed by atoms with E-state index >= 15 is 0 Å². The summed E-state index contributed by atoms with van der Waals surface area (Å²) in [6, 6.07) is 3.77. The van der Waals surface area contributed by atoms with Gasteiger partial charge in [-0.3, -0.25) is 5.84 Å². The molecule has 0 spiro atoms. The van der Waals surface area contributed by atoms with E-state index in [0.29, 0.717) is 5.92 Å². The van der Waals surface area contributed by atoms with E-state index < -0.39 is 0 Å². The minimum atomic E-state index is -0.0573. The van der Waals surface area contributed by atoms with E-state index in [1.54, 1.807) is 13.4 Å². The van der Waals surface area contributed by atoms with Gasteiger partial charge in [0.15, 0.2) is 0 Å². The van der Waals surface area contributed by atoms with Crippen LogP contribution >= 0.6 is 0 Å². The lowest BCUT2D eigenvalue weighted by molar-refractivity contribution is 0.00221. The first-order chi connectivity index (χ1) is 8.36. The number of rotatable bonds is 5. The summed E-state index contributed by atoms with van der Waals surface area (Å²) in [5.41, 5.74) is 2.83. The number of nitrogens with two attached hydrogens (primary N) is 1. The van der Waals surface area contributed by atoms with Gasteiger partial charge in [0, 0.05) is 7.11 Å². The van der Waals surface area contributed by atoms with Crippen LogP contribution in [-0.2, 0) is 4.74 Å². The summed E-state index contributed by atoms with van der Waals surface area (Å²) in [5.74, 6) is 7.08. The molecule has 4 heteroatoms. The van der Waals surface area contributed by atoms with Crippen molar-refractivity contribution in [2.75, 3.05) is 7.11 Å². The molecule has 1 aromatic heterocycles. The SMILES string of the molecule is COC(C1CCCCC1)C(NN)c1ccco1. The monoisotopic (exact) mass is 238 g/mol. The van der Waals surface area contributed by atoms with Crippen molar-refractivity contribution in [3.63, 3.8) is 0 Å². The lowest BCUT2D eigenvalue weighted by Gasteiger charge is -2.33. The molecular formula is C13H22N2O2. The minimum absolute atomic E-state index is 0.0573. The Labute approximate surface area is 102 Å². The molecule has 3 N–H and O–H groups in total. The lowest BCUT2D eigenvalue weighted by atomic mass is 9.82. The molecule has 0 amide bonds. The predicted molar refractivity (Wildman–Crippen MR) is 66.1 cm³/mol. The van der Waals surface area contributed by atoms with E-state index in [1.165, 1.54) is 32.1 Å². The third kappa shape index (κ3) is 2.89. The van der Waals surface area contributed by atoms with Crippen LogP contribution in [-0.4, -0.2) is 13.2 Å². The second-order valence-corrected chi connectivity index (χ2v) is 4.76. The summed E-state index contributed by atoms with van der Waals surface area (Å²) in [6.07, 6.45) is 8.13. The Bertz CT molecular complexity index is 307. The Morgan fingerprint density at radius 2 is 2.18 bits per heavy atom. The first-order valence-electron chi connectivity index (χ1n) is 6.39. The highest BCUT2D eigenvalue weighted by molar-refractivity contribution is 5.07. The fraction of sp³-hybridized carbons (Fsp3) is 0.692. The molecular weight excluding hydrogens is 216 g/mol. The second kappa shape index (κ2) is 6.19. The van der Waals surface area contributed by atoms with Gasteiger partial charge in [-0.2, -0.15) is 0 Å². The van der Waals surface area contributed by atoms with E-state index in [4.69, 9.17) is 15.0 Å². The number of hydrazine groups is 1. The Morgan fingerprint density at radius 1 is 1.41 bits per heavy atom. The molecule has 1 heterocycles. The summed E-state index contributed by atoms with van der Waals surface area (Å²) >= 11 is 0. The Kier molecular flexibility index (Phi) is 4.59. The maximum absolute atomic E-state index is 5.66. The Hall–Kier alpha value is -0.840. The number of methoxy groups -OCH3 is 1. The standard InChI is InChI=1S/C13H22N2O2/c1-16-13(10-6-3-2-4-7-10)12(15-14)11-8-5-9-17-11/h5,8-10,12-13,15H,2-4,6-7,14H2,1H3. The molecule has 1 fully saturated rings. The molecule has 0 radical (unpaired) electrons. The summed E-state index contributed by atoms with van der Waals surface area (Å²) in [7, 11) is 1.76. The predicted octanol–water partition coefficient (Wildman–Crippen LogP) is 2.38. The first kappa shape index (κ1) is 12.6. The van der Waals surface area contributed by atoms with Gasteiger partial charge in [-0.15, -0.1) is 0 Å². The zero-order valence-corrected chi connectivity index (χ0v) is 10.4. The van der Waals surface area contributed by atoms with Crippen molar-refractivity contribution in [1.29, 1.82) is 0 Å². The third-order valence-corrected chi connectivity index (χ3v) is 3.74. The van der Waals surface area contributed by atoms with Gasteiger partial charge >= 0.3 is 0 Å². The van der Waals surface area contributed by atoms with Gasteiger partial charge in [-0.1, -0.05) is 19.3 Å². The molecule has 1 aliphatic carbocycles. The molecule has 1 saturated carbocycles. The van der Waals surface area contributed by atoms with Gasteiger partial charge in [0.05, 0.1) is 12.4 Å². The van der Waals surface area contributed by atoms with E-state index in [2.05, 4.69) is 5.43 Å². The van der Waals surface area contributed by atoms with Crippen molar-refractivity contribution < 1.29 is 9.15 Å². The quantitative estimate of drug-likeness (QED) is 0.611. The molecule has 2 atom stereocenters. The number of furan rings is 1. The zero-order chi connectivity index (χ0) is 12.1. The Morgan fingerprint density at radius 3 is 2.71 bits per heavy atom. The average Bonchev–Trinajstić information content (AvgIpc) is 2.90. The van der Waals surface area contributed by atoms with Gasteiger partial charge < -0.3 is 9.15 Å². The molecule has 0 bridgehead atoms. The molecule has 1 aliphatic rings. The smallest absolute Gasteiger partial charge is 0.124 e. The topological polar surface area (TPSA) is 60.4 Å². The van der Waals surface area contributed by atoms with Gasteiger partial charge in [-0.25, -0.2) is 5.43 Å². The average molecular weight is 238 g/mol. The normalized spacial score (nSPS) is 21.3. The van der Waals surface area contributed by atoms with Gasteiger partial charge in [0.1, 0.15) is 11.8 Å². The molecule has 2 rings (SSSR count). The third-order valence-electron chi connectivity index (χ3n) is 3.74. The zero-order valence-electron chi connectivity index (χ0n) is 10.4. The van der Waals surface area contributed by atoms with Crippen molar-refractivity contribution in [1.82, 2.24) is 5.43 Å². The number of nitrogens with one attached hydrogen (secondary N) is 1. The largest absolute Gasteiger partial charge is 0.468 e. The molecule has 0 saturated heterocycles. The van der Waals surface area contributed by atoms with Crippen molar-refractivity contribution in [3.05, 3.63) is 24.2 Å². The fourth-order valence-electron chi connectivity index (χ4n) is 2.87. The van der Waals surface area contributed by atoms with Gasteiger partial charge in [0.2, 0.25) is 0 Å². The van der Waals surface area contributed by atoms with Crippen molar-refractivity contribution in [3.8, 4) is 0 Å². The maximum Gasteiger partial charge on any atom is 0.124 e. The van der Waals surface area contributed by atoms with Crippen LogP contribution in [0.4, 0.5) is 0 Å². The number of ether oxygens (including phenoxy) is 1. The minimum Gasteiger partial charge on any atom is -0.468 e. The van der Waals surface area contributed by atoms with E-state index in [9.17, 15) is 0 Å². The van der Waals surface area contributed by atoms with E-state index in [1.807, 2.05) is 12.1 Å². The highest BCUT2D eigenvalue weighted by Gasteiger charge is 2.32. The molecule has 2 unspecified atom stereocenters. The van der Waals surface area contributed by atoms with Crippen LogP contribution < -0.4 is 11.3 Å². The van der Waals surface area contributed by atoms with Crippen LogP contribution in [0.2, 0.25) is 0 Å². The molecule has 1 aromatic rings. The number of hydrogen-bond acceptors (Lipinski definition) is 4. The molecule has 4 nitrogen and oxygen atoms in total. The van der Waals surface area contributed by atoms with E-state index in [0.717, 1.165) is 5.76 Å². The first-order valence-corrected chi connectivity index (χ1v) is 6.39. The van der Waals surface area contributed by atoms with Crippen LogP contribution in [0, 0.1) is 5.92 Å². The van der Waals surface area contributed by atoms with Crippen LogP contribution in [0.3, 0.4) is 0 Å². The molecule has 0 aromatic carbocycles. The summed E-state index contributed by atoms with van der Waals surface area (Å²) in [4.78, 5) is 0. The van der Waals surface area contributed by atoms with Crippen molar-refractivity contribution in [2.24, 2.45) is 11.8 Å². The maximum atomic E-state index is 5.66. The lowest BCUT2D eigenvalue weighted by Crippen LogP contribution is -2.41. The Balaban J connectivity index is 2.09. The molecule has 17 heavy (non-hydrogen) atoms.